The minimum atomic E-state index is -0.915. The third kappa shape index (κ3) is 2.61. The molecule has 28 heavy (non-hydrogen) atoms. The van der Waals surface area contributed by atoms with E-state index in [0.29, 0.717) is 15.6 Å². The lowest BCUT2D eigenvalue weighted by Crippen LogP contribution is -2.31. The summed E-state index contributed by atoms with van der Waals surface area (Å²) < 4.78 is 0. The van der Waals surface area contributed by atoms with Crippen LogP contribution in [-0.2, 0) is 6.42 Å². The van der Waals surface area contributed by atoms with Crippen molar-refractivity contribution in [3.05, 3.63) is 98.5 Å². The highest BCUT2D eigenvalue weighted by Gasteiger charge is 2.44. The van der Waals surface area contributed by atoms with Gasteiger partial charge in [0.1, 0.15) is 0 Å². The topological polar surface area (TPSA) is 49.3 Å². The zero-order valence-corrected chi connectivity index (χ0v) is 16.3. The molecule has 0 spiro atoms. The van der Waals surface area contributed by atoms with Crippen LogP contribution in [0.3, 0.4) is 0 Å². The second kappa shape index (κ2) is 6.54. The van der Waals surface area contributed by atoms with Crippen LogP contribution in [0.25, 0.3) is 0 Å². The number of carboxylic acids is 1. The molecule has 5 rings (SSSR count). The van der Waals surface area contributed by atoms with E-state index in [1.165, 1.54) is 11.1 Å². The van der Waals surface area contributed by atoms with E-state index in [4.69, 9.17) is 23.2 Å². The van der Waals surface area contributed by atoms with Crippen LogP contribution in [0, 0.1) is 5.92 Å². The number of halogens is 2. The molecule has 0 radical (unpaired) electrons. The summed E-state index contributed by atoms with van der Waals surface area (Å²) in [5.41, 5.74) is 5.71. The molecular formula is C23H17Cl2NO2. The van der Waals surface area contributed by atoms with Gasteiger partial charge in [-0.05, 0) is 59.4 Å². The Morgan fingerprint density at radius 1 is 0.964 bits per heavy atom. The molecule has 3 aromatic rings. The highest BCUT2D eigenvalue weighted by Crippen LogP contribution is 2.55. The summed E-state index contributed by atoms with van der Waals surface area (Å²) in [5, 5.41) is 14.4. The third-order valence-corrected chi connectivity index (χ3v) is 6.62. The lowest BCUT2D eigenvalue weighted by atomic mass is 9.75. The van der Waals surface area contributed by atoms with E-state index >= 15 is 0 Å². The Hall–Kier alpha value is -2.49. The molecule has 0 unspecified atom stereocenters. The standard InChI is InChI=1S/C23H17Cl2NO2/c24-17-6-3-7-18(25)21(17)22-16-10-12-4-1-2-5-14(12)20(16)15-11-13(23(27)28)8-9-19(15)26-22/h1-9,11,16,20,22,26H,10H2,(H,27,28)/t16-,20-,22+/m0/s1. The van der Waals surface area contributed by atoms with Crippen LogP contribution in [0.2, 0.25) is 10.0 Å². The van der Waals surface area contributed by atoms with E-state index in [0.717, 1.165) is 23.2 Å². The molecule has 0 aromatic heterocycles. The number of hydrogen-bond donors (Lipinski definition) is 2. The van der Waals surface area contributed by atoms with E-state index < -0.39 is 5.97 Å². The van der Waals surface area contributed by atoms with Crippen LogP contribution >= 0.6 is 23.2 Å². The number of carbonyl (C=O) groups is 1. The average molecular weight is 410 g/mol. The number of aromatic carboxylic acids is 1. The van der Waals surface area contributed by atoms with Crippen molar-refractivity contribution in [2.24, 2.45) is 5.92 Å². The Morgan fingerprint density at radius 2 is 1.71 bits per heavy atom. The van der Waals surface area contributed by atoms with Gasteiger partial charge in [-0.15, -0.1) is 0 Å². The molecule has 3 nitrogen and oxygen atoms in total. The molecule has 2 N–H and O–H groups in total. The molecule has 1 aliphatic heterocycles. The molecule has 0 saturated heterocycles. The monoisotopic (exact) mass is 409 g/mol. The Bertz CT molecular complexity index is 1090. The molecule has 3 atom stereocenters. The Morgan fingerprint density at radius 3 is 2.46 bits per heavy atom. The summed E-state index contributed by atoms with van der Waals surface area (Å²) in [4.78, 5) is 11.5. The summed E-state index contributed by atoms with van der Waals surface area (Å²) in [6.45, 7) is 0. The first kappa shape index (κ1) is 17.6. The number of benzene rings is 3. The summed E-state index contributed by atoms with van der Waals surface area (Å²) in [6, 6.07) is 19.2. The number of nitrogens with one attached hydrogen (secondary N) is 1. The van der Waals surface area contributed by atoms with Crippen molar-refractivity contribution in [3.63, 3.8) is 0 Å². The maximum atomic E-state index is 11.5. The van der Waals surface area contributed by atoms with Crippen molar-refractivity contribution in [1.29, 1.82) is 0 Å². The van der Waals surface area contributed by atoms with Crippen molar-refractivity contribution < 1.29 is 9.90 Å². The quantitative estimate of drug-likeness (QED) is 0.532. The van der Waals surface area contributed by atoms with Gasteiger partial charge in [-0.3, -0.25) is 0 Å². The first-order valence-electron chi connectivity index (χ1n) is 9.20. The minimum absolute atomic E-state index is 0.0539. The van der Waals surface area contributed by atoms with Gasteiger partial charge in [0, 0.05) is 27.2 Å². The largest absolute Gasteiger partial charge is 0.478 e. The molecule has 2 aliphatic rings. The lowest BCUT2D eigenvalue weighted by Gasteiger charge is -2.38. The Labute approximate surface area is 172 Å². The molecule has 3 aromatic carbocycles. The molecule has 0 bridgehead atoms. The number of anilines is 1. The lowest BCUT2D eigenvalue weighted by molar-refractivity contribution is 0.0696. The number of hydrogen-bond acceptors (Lipinski definition) is 2. The maximum absolute atomic E-state index is 11.5. The molecule has 5 heteroatoms. The van der Waals surface area contributed by atoms with Crippen LogP contribution in [-0.4, -0.2) is 11.1 Å². The summed E-state index contributed by atoms with van der Waals surface area (Å²) in [6.07, 6.45) is 0.886. The zero-order chi connectivity index (χ0) is 19.4. The van der Waals surface area contributed by atoms with E-state index in [1.807, 2.05) is 30.3 Å². The molecule has 0 fully saturated rings. The predicted molar refractivity (Wildman–Crippen MR) is 112 cm³/mol. The van der Waals surface area contributed by atoms with Gasteiger partial charge in [-0.2, -0.15) is 0 Å². The fraction of sp³-hybridized carbons (Fsp3) is 0.174. The van der Waals surface area contributed by atoms with Crippen molar-refractivity contribution in [1.82, 2.24) is 0 Å². The minimum Gasteiger partial charge on any atom is -0.478 e. The van der Waals surface area contributed by atoms with Crippen LogP contribution < -0.4 is 5.32 Å². The predicted octanol–water partition coefficient (Wildman–Crippen LogP) is 6.16. The molecular weight excluding hydrogens is 393 g/mol. The van der Waals surface area contributed by atoms with Gasteiger partial charge >= 0.3 is 5.97 Å². The van der Waals surface area contributed by atoms with Crippen molar-refractivity contribution in [3.8, 4) is 0 Å². The fourth-order valence-corrected chi connectivity index (χ4v) is 5.42. The van der Waals surface area contributed by atoms with Gasteiger partial charge in [0.05, 0.1) is 11.6 Å². The SMILES string of the molecule is O=C(O)c1ccc2c(c1)[C@@H]1c3ccccc3C[C@@H]1[C@H](c1c(Cl)cccc1Cl)N2. The smallest absolute Gasteiger partial charge is 0.335 e. The van der Waals surface area contributed by atoms with Crippen molar-refractivity contribution in [2.45, 2.75) is 18.4 Å². The van der Waals surface area contributed by atoms with Gasteiger partial charge in [-0.25, -0.2) is 4.79 Å². The number of fused-ring (bicyclic) bond motifs is 5. The first-order valence-corrected chi connectivity index (χ1v) is 9.95. The molecule has 1 heterocycles. The zero-order valence-electron chi connectivity index (χ0n) is 14.8. The van der Waals surface area contributed by atoms with Gasteiger partial charge < -0.3 is 10.4 Å². The van der Waals surface area contributed by atoms with Crippen molar-refractivity contribution in [2.75, 3.05) is 5.32 Å². The fourth-order valence-electron chi connectivity index (χ4n) is 4.79. The molecule has 0 saturated carbocycles. The summed E-state index contributed by atoms with van der Waals surface area (Å²) in [5.74, 6) is -0.614. The van der Waals surface area contributed by atoms with Crippen LogP contribution in [0.15, 0.2) is 60.7 Å². The van der Waals surface area contributed by atoms with Gasteiger partial charge in [0.25, 0.3) is 0 Å². The third-order valence-electron chi connectivity index (χ3n) is 5.96. The Balaban J connectivity index is 1.72. The normalized spacial score (nSPS) is 22.0. The van der Waals surface area contributed by atoms with E-state index in [1.54, 1.807) is 12.1 Å². The molecule has 1 aliphatic carbocycles. The average Bonchev–Trinajstić information content (AvgIpc) is 3.07. The summed E-state index contributed by atoms with van der Waals surface area (Å²) in [7, 11) is 0. The van der Waals surface area contributed by atoms with Crippen LogP contribution in [0.4, 0.5) is 5.69 Å². The highest BCUT2D eigenvalue weighted by atomic mass is 35.5. The number of carboxylic acid groups (broad SMARTS) is 1. The molecule has 140 valence electrons. The van der Waals surface area contributed by atoms with Crippen LogP contribution in [0.1, 0.15) is 44.6 Å². The van der Waals surface area contributed by atoms with E-state index in [2.05, 4.69) is 23.5 Å². The summed E-state index contributed by atoms with van der Waals surface area (Å²) >= 11 is 13.1. The maximum Gasteiger partial charge on any atom is 0.335 e. The van der Waals surface area contributed by atoms with E-state index in [9.17, 15) is 9.90 Å². The Kier molecular flexibility index (Phi) is 4.11. The first-order chi connectivity index (χ1) is 13.5. The van der Waals surface area contributed by atoms with Crippen LogP contribution in [0.5, 0.6) is 0 Å². The molecule has 0 amide bonds. The van der Waals surface area contributed by atoms with Gasteiger partial charge in [0.15, 0.2) is 0 Å². The van der Waals surface area contributed by atoms with Gasteiger partial charge in [0.2, 0.25) is 0 Å². The highest BCUT2D eigenvalue weighted by molar-refractivity contribution is 6.36. The van der Waals surface area contributed by atoms with Crippen molar-refractivity contribution >= 4 is 34.9 Å². The second-order valence-corrected chi connectivity index (χ2v) is 8.22. The van der Waals surface area contributed by atoms with Gasteiger partial charge in [-0.1, -0.05) is 53.5 Å². The number of rotatable bonds is 2. The second-order valence-electron chi connectivity index (χ2n) is 7.41. The van der Waals surface area contributed by atoms with E-state index in [-0.39, 0.29) is 17.9 Å².